The monoisotopic (exact) mass is 263 g/mol. The van der Waals surface area contributed by atoms with E-state index in [1.165, 1.54) is 4.70 Å². The van der Waals surface area contributed by atoms with Gasteiger partial charge in [-0.3, -0.25) is 4.98 Å². The summed E-state index contributed by atoms with van der Waals surface area (Å²) in [7, 11) is 0. The first-order valence-corrected chi connectivity index (χ1v) is 5.76. The van der Waals surface area contributed by atoms with Crippen LogP contribution in [-0.2, 0) is 0 Å². The number of rotatable bonds is 1. The Morgan fingerprint density at radius 2 is 1.94 bits per heavy atom. The SMILES string of the molecule is Cl.Nc1ccc(-c2ccc3scnc3c2)nc1. The second-order valence-corrected chi connectivity index (χ2v) is 4.40. The molecule has 5 heteroatoms. The number of pyridine rings is 1. The summed E-state index contributed by atoms with van der Waals surface area (Å²) in [6.07, 6.45) is 1.67. The Labute approximate surface area is 109 Å². The summed E-state index contributed by atoms with van der Waals surface area (Å²) >= 11 is 1.64. The predicted octanol–water partition coefficient (Wildman–Crippen LogP) is 3.36. The zero-order valence-corrected chi connectivity index (χ0v) is 10.5. The summed E-state index contributed by atoms with van der Waals surface area (Å²) in [6, 6.07) is 9.94. The zero-order chi connectivity index (χ0) is 11.0. The minimum Gasteiger partial charge on any atom is -0.397 e. The molecule has 3 nitrogen and oxygen atoms in total. The molecule has 0 unspecified atom stereocenters. The predicted molar refractivity (Wildman–Crippen MR) is 74.5 cm³/mol. The van der Waals surface area contributed by atoms with Crippen molar-refractivity contribution < 1.29 is 0 Å². The molecule has 3 rings (SSSR count). The summed E-state index contributed by atoms with van der Waals surface area (Å²) in [5.74, 6) is 0. The van der Waals surface area contributed by atoms with E-state index in [-0.39, 0.29) is 12.4 Å². The molecule has 2 N–H and O–H groups in total. The third-order valence-electron chi connectivity index (χ3n) is 2.41. The van der Waals surface area contributed by atoms with E-state index < -0.39 is 0 Å². The molecule has 1 aromatic carbocycles. The van der Waals surface area contributed by atoms with Gasteiger partial charge in [0.15, 0.2) is 0 Å². The molecular weight excluding hydrogens is 254 g/mol. The van der Waals surface area contributed by atoms with Crippen LogP contribution < -0.4 is 5.73 Å². The summed E-state index contributed by atoms with van der Waals surface area (Å²) in [5.41, 5.74) is 11.1. The van der Waals surface area contributed by atoms with Crippen LogP contribution in [0.5, 0.6) is 0 Å². The van der Waals surface area contributed by atoms with Gasteiger partial charge < -0.3 is 5.73 Å². The van der Waals surface area contributed by atoms with Crippen LogP contribution in [0.1, 0.15) is 0 Å². The second kappa shape index (κ2) is 4.69. The van der Waals surface area contributed by atoms with Crippen molar-refractivity contribution in [3.8, 4) is 11.3 Å². The first kappa shape index (κ1) is 11.8. The third-order valence-corrected chi connectivity index (χ3v) is 3.22. The number of nitrogens with two attached hydrogens (primary N) is 1. The number of thiazole rings is 1. The van der Waals surface area contributed by atoms with E-state index in [0.717, 1.165) is 16.8 Å². The number of aromatic nitrogens is 2. The van der Waals surface area contributed by atoms with Gasteiger partial charge in [0, 0.05) is 5.56 Å². The highest BCUT2D eigenvalue weighted by molar-refractivity contribution is 7.16. The Morgan fingerprint density at radius 1 is 1.06 bits per heavy atom. The molecule has 0 aliphatic carbocycles. The fourth-order valence-corrected chi connectivity index (χ4v) is 2.25. The van der Waals surface area contributed by atoms with E-state index in [1.54, 1.807) is 17.5 Å². The van der Waals surface area contributed by atoms with E-state index in [9.17, 15) is 0 Å². The number of anilines is 1. The molecule has 0 saturated heterocycles. The highest BCUT2D eigenvalue weighted by Gasteiger charge is 2.02. The van der Waals surface area contributed by atoms with Crippen LogP contribution in [-0.4, -0.2) is 9.97 Å². The van der Waals surface area contributed by atoms with E-state index >= 15 is 0 Å². The Kier molecular flexibility index (Phi) is 3.26. The van der Waals surface area contributed by atoms with Gasteiger partial charge in [-0.15, -0.1) is 23.7 Å². The van der Waals surface area contributed by atoms with E-state index in [4.69, 9.17) is 5.73 Å². The molecule has 17 heavy (non-hydrogen) atoms. The standard InChI is InChI=1S/C12H9N3S.ClH/c13-9-2-3-10(14-6-9)8-1-4-12-11(5-8)15-7-16-12;/h1-7H,13H2;1H. The lowest BCUT2D eigenvalue weighted by atomic mass is 10.1. The summed E-state index contributed by atoms with van der Waals surface area (Å²) in [6.45, 7) is 0. The smallest absolute Gasteiger partial charge is 0.0818 e. The minimum atomic E-state index is 0. The zero-order valence-electron chi connectivity index (χ0n) is 8.83. The van der Waals surface area contributed by atoms with Gasteiger partial charge >= 0.3 is 0 Å². The van der Waals surface area contributed by atoms with Crippen LogP contribution in [0.3, 0.4) is 0 Å². The van der Waals surface area contributed by atoms with Crippen LogP contribution in [0, 0.1) is 0 Å². The number of nitrogen functional groups attached to an aromatic ring is 1. The molecule has 0 radical (unpaired) electrons. The first-order chi connectivity index (χ1) is 7.83. The molecule has 0 aliphatic heterocycles. The maximum Gasteiger partial charge on any atom is 0.0818 e. The second-order valence-electron chi connectivity index (χ2n) is 3.51. The molecule has 2 aromatic heterocycles. The van der Waals surface area contributed by atoms with E-state index in [0.29, 0.717) is 5.69 Å². The van der Waals surface area contributed by atoms with Crippen LogP contribution in [0.15, 0.2) is 42.0 Å². The maximum absolute atomic E-state index is 5.61. The molecule has 3 aromatic rings. The molecule has 2 heterocycles. The number of nitrogens with zero attached hydrogens (tertiary/aromatic N) is 2. The van der Waals surface area contributed by atoms with Crippen LogP contribution in [0.25, 0.3) is 21.5 Å². The number of halogens is 1. The summed E-state index contributed by atoms with van der Waals surface area (Å²) < 4.78 is 1.19. The molecular formula is C12H10ClN3S. The highest BCUT2D eigenvalue weighted by Crippen LogP contribution is 2.24. The molecule has 0 fully saturated rings. The Balaban J connectivity index is 0.00000108. The lowest BCUT2D eigenvalue weighted by Gasteiger charge is -2.00. The minimum absolute atomic E-state index is 0. The van der Waals surface area contributed by atoms with Crippen molar-refractivity contribution in [1.82, 2.24) is 9.97 Å². The van der Waals surface area contributed by atoms with E-state index in [1.807, 2.05) is 23.7 Å². The highest BCUT2D eigenvalue weighted by atomic mass is 35.5. The summed E-state index contributed by atoms with van der Waals surface area (Å²) in [5, 5.41) is 0. The fraction of sp³-hybridized carbons (Fsp3) is 0. The van der Waals surface area contributed by atoms with Gasteiger partial charge in [0.05, 0.1) is 33.3 Å². The lowest BCUT2D eigenvalue weighted by molar-refractivity contribution is 1.33. The van der Waals surface area contributed by atoms with Crippen LogP contribution >= 0.6 is 23.7 Å². The normalized spacial score (nSPS) is 10.1. The van der Waals surface area contributed by atoms with Gasteiger partial charge in [0.2, 0.25) is 0 Å². The van der Waals surface area contributed by atoms with Crippen molar-refractivity contribution in [3.05, 3.63) is 42.0 Å². The van der Waals surface area contributed by atoms with Gasteiger partial charge in [-0.2, -0.15) is 0 Å². The number of hydrogen-bond acceptors (Lipinski definition) is 4. The molecule has 0 bridgehead atoms. The van der Waals surface area contributed by atoms with Gasteiger partial charge in [-0.05, 0) is 24.3 Å². The van der Waals surface area contributed by atoms with Crippen LogP contribution in [0.4, 0.5) is 5.69 Å². The Hall–Kier alpha value is -1.65. The fourth-order valence-electron chi connectivity index (χ4n) is 1.59. The van der Waals surface area contributed by atoms with Crippen molar-refractivity contribution in [3.63, 3.8) is 0 Å². The third kappa shape index (κ3) is 2.23. The van der Waals surface area contributed by atoms with Crippen molar-refractivity contribution >= 4 is 39.6 Å². The van der Waals surface area contributed by atoms with Crippen molar-refractivity contribution in [1.29, 1.82) is 0 Å². The maximum atomic E-state index is 5.61. The topological polar surface area (TPSA) is 51.8 Å². The molecule has 86 valence electrons. The molecule has 0 aliphatic rings. The summed E-state index contributed by atoms with van der Waals surface area (Å²) in [4.78, 5) is 8.58. The number of fused-ring (bicyclic) bond motifs is 1. The van der Waals surface area contributed by atoms with Crippen molar-refractivity contribution in [2.45, 2.75) is 0 Å². The lowest BCUT2D eigenvalue weighted by Crippen LogP contribution is -1.87. The molecule has 0 spiro atoms. The molecule has 0 atom stereocenters. The van der Waals surface area contributed by atoms with Gasteiger partial charge in [0.1, 0.15) is 0 Å². The Bertz CT molecular complexity index is 634. The first-order valence-electron chi connectivity index (χ1n) is 4.88. The molecule has 0 saturated carbocycles. The van der Waals surface area contributed by atoms with Crippen LogP contribution in [0.2, 0.25) is 0 Å². The number of benzene rings is 1. The van der Waals surface area contributed by atoms with Gasteiger partial charge in [-0.1, -0.05) is 6.07 Å². The van der Waals surface area contributed by atoms with Gasteiger partial charge in [0.25, 0.3) is 0 Å². The number of hydrogen-bond donors (Lipinski definition) is 1. The van der Waals surface area contributed by atoms with E-state index in [2.05, 4.69) is 22.1 Å². The molecule has 0 amide bonds. The average Bonchev–Trinajstić information content (AvgIpc) is 2.77. The van der Waals surface area contributed by atoms with Gasteiger partial charge in [-0.25, -0.2) is 4.98 Å². The van der Waals surface area contributed by atoms with Crippen molar-refractivity contribution in [2.75, 3.05) is 5.73 Å². The quantitative estimate of drug-likeness (QED) is 0.732. The Morgan fingerprint density at radius 3 is 2.71 bits per heavy atom. The van der Waals surface area contributed by atoms with Crippen molar-refractivity contribution in [2.24, 2.45) is 0 Å². The average molecular weight is 264 g/mol. The largest absolute Gasteiger partial charge is 0.397 e.